The van der Waals surface area contributed by atoms with E-state index in [-0.39, 0.29) is 22.6 Å². The molecule has 0 spiro atoms. The molecule has 0 aliphatic heterocycles. The first-order valence-electron chi connectivity index (χ1n) is 9.62. The Kier molecular flexibility index (Phi) is 5.56. The van der Waals surface area contributed by atoms with Gasteiger partial charge in [-0.25, -0.2) is 14.1 Å². The topological polar surface area (TPSA) is 81.8 Å². The van der Waals surface area contributed by atoms with Crippen molar-refractivity contribution in [2.75, 3.05) is 5.32 Å². The highest BCUT2D eigenvalue weighted by Gasteiger charge is 2.14. The van der Waals surface area contributed by atoms with Gasteiger partial charge in [-0.3, -0.25) is 14.2 Å². The second-order valence-electron chi connectivity index (χ2n) is 7.39. The summed E-state index contributed by atoms with van der Waals surface area (Å²) in [6.07, 6.45) is 2.72. The van der Waals surface area contributed by atoms with Gasteiger partial charge in [-0.15, -0.1) is 0 Å². The van der Waals surface area contributed by atoms with Gasteiger partial charge in [0, 0.05) is 0 Å². The van der Waals surface area contributed by atoms with Crippen molar-refractivity contribution in [3.63, 3.8) is 0 Å². The molecule has 158 valence electrons. The number of anilines is 1. The first-order valence-corrected chi connectivity index (χ1v) is 9.99. The Hall–Kier alpha value is -3.52. The minimum absolute atomic E-state index is 0.131. The van der Waals surface area contributed by atoms with Crippen LogP contribution in [0.25, 0.3) is 16.7 Å². The lowest BCUT2D eigenvalue weighted by Gasteiger charge is -2.09. The number of aromatic nitrogens is 4. The number of hydrogen-bond acceptors (Lipinski definition) is 4. The lowest BCUT2D eigenvalue weighted by Crippen LogP contribution is -2.28. The van der Waals surface area contributed by atoms with Crippen LogP contribution in [0.3, 0.4) is 0 Å². The number of fused-ring (bicyclic) bond motifs is 1. The Balaban J connectivity index is 1.59. The van der Waals surface area contributed by atoms with Crippen molar-refractivity contribution in [3.8, 4) is 5.69 Å². The SMILES string of the molecule is CC(C)c1ccc(-n2ncc3c(=O)n(CC(=O)Nc4cc(F)ccc4Cl)cnc32)cc1. The molecule has 2 aromatic heterocycles. The first kappa shape index (κ1) is 20.7. The lowest BCUT2D eigenvalue weighted by atomic mass is 10.0. The fraction of sp³-hybridized carbons (Fsp3) is 0.182. The number of nitrogens with one attached hydrogen (secondary N) is 1. The molecule has 2 heterocycles. The van der Waals surface area contributed by atoms with Crippen LogP contribution in [0.15, 0.2) is 59.8 Å². The van der Waals surface area contributed by atoms with E-state index in [0.717, 1.165) is 11.8 Å². The van der Waals surface area contributed by atoms with Gasteiger partial charge in [0.2, 0.25) is 5.91 Å². The highest BCUT2D eigenvalue weighted by Crippen LogP contribution is 2.22. The zero-order chi connectivity index (χ0) is 22.1. The number of benzene rings is 2. The molecule has 0 fully saturated rings. The van der Waals surface area contributed by atoms with Crippen LogP contribution in [-0.4, -0.2) is 25.2 Å². The van der Waals surface area contributed by atoms with E-state index in [0.29, 0.717) is 11.6 Å². The summed E-state index contributed by atoms with van der Waals surface area (Å²) < 4.78 is 16.1. The minimum Gasteiger partial charge on any atom is -0.323 e. The second-order valence-corrected chi connectivity index (χ2v) is 7.80. The van der Waals surface area contributed by atoms with Gasteiger partial charge in [0.05, 0.1) is 22.6 Å². The summed E-state index contributed by atoms with van der Waals surface area (Å²) in [4.78, 5) is 29.5. The maximum Gasteiger partial charge on any atom is 0.264 e. The van der Waals surface area contributed by atoms with Crippen LogP contribution in [0.1, 0.15) is 25.3 Å². The van der Waals surface area contributed by atoms with Crippen molar-refractivity contribution >= 4 is 34.2 Å². The molecule has 1 N–H and O–H groups in total. The van der Waals surface area contributed by atoms with Crippen LogP contribution >= 0.6 is 11.6 Å². The second kappa shape index (κ2) is 8.31. The van der Waals surface area contributed by atoms with E-state index in [9.17, 15) is 14.0 Å². The molecule has 1 amide bonds. The summed E-state index contributed by atoms with van der Waals surface area (Å²) >= 11 is 5.97. The maximum atomic E-state index is 13.4. The van der Waals surface area contributed by atoms with Crippen LogP contribution in [0.4, 0.5) is 10.1 Å². The molecule has 7 nitrogen and oxygen atoms in total. The highest BCUT2D eigenvalue weighted by molar-refractivity contribution is 6.33. The summed E-state index contributed by atoms with van der Waals surface area (Å²) in [5, 5.41) is 7.27. The van der Waals surface area contributed by atoms with Crippen molar-refractivity contribution in [1.82, 2.24) is 19.3 Å². The molecule has 0 radical (unpaired) electrons. The maximum absolute atomic E-state index is 13.4. The summed E-state index contributed by atoms with van der Waals surface area (Å²) in [5.74, 6) is -0.664. The third-order valence-corrected chi connectivity index (χ3v) is 5.20. The summed E-state index contributed by atoms with van der Waals surface area (Å²) in [7, 11) is 0. The average molecular weight is 440 g/mol. The molecule has 0 saturated carbocycles. The molecule has 2 aromatic carbocycles. The Morgan fingerprint density at radius 2 is 1.94 bits per heavy atom. The number of halogens is 2. The zero-order valence-corrected chi connectivity index (χ0v) is 17.6. The van der Waals surface area contributed by atoms with Gasteiger partial charge in [0.25, 0.3) is 5.56 Å². The molecule has 0 atom stereocenters. The van der Waals surface area contributed by atoms with Crippen molar-refractivity contribution in [1.29, 1.82) is 0 Å². The van der Waals surface area contributed by atoms with Gasteiger partial charge in [-0.1, -0.05) is 37.6 Å². The van der Waals surface area contributed by atoms with Gasteiger partial charge in [-0.2, -0.15) is 5.10 Å². The Morgan fingerprint density at radius 1 is 1.19 bits per heavy atom. The molecular formula is C22H19ClFN5O2. The fourth-order valence-corrected chi connectivity index (χ4v) is 3.35. The van der Waals surface area contributed by atoms with Crippen LogP contribution in [0.5, 0.6) is 0 Å². The molecule has 4 rings (SSSR count). The quantitative estimate of drug-likeness (QED) is 0.506. The summed E-state index contributed by atoms with van der Waals surface area (Å²) in [6, 6.07) is 11.5. The van der Waals surface area contributed by atoms with Crippen LogP contribution in [0.2, 0.25) is 5.02 Å². The molecule has 0 aliphatic carbocycles. The van der Waals surface area contributed by atoms with Gasteiger partial charge in [0.15, 0.2) is 5.65 Å². The van der Waals surface area contributed by atoms with Crippen LogP contribution < -0.4 is 10.9 Å². The van der Waals surface area contributed by atoms with E-state index < -0.39 is 17.3 Å². The number of amides is 1. The highest BCUT2D eigenvalue weighted by atomic mass is 35.5. The standard InChI is InChI=1S/C22H19ClFN5O2/c1-13(2)14-3-6-16(7-4-14)29-21-17(10-26-29)22(31)28(12-25-21)11-20(30)27-19-9-15(24)5-8-18(19)23/h3-10,12-13H,11H2,1-2H3,(H,27,30). The average Bonchev–Trinajstić information content (AvgIpc) is 3.18. The molecule has 0 saturated heterocycles. The third-order valence-electron chi connectivity index (χ3n) is 4.88. The Morgan fingerprint density at radius 3 is 2.65 bits per heavy atom. The lowest BCUT2D eigenvalue weighted by molar-refractivity contribution is -0.116. The largest absolute Gasteiger partial charge is 0.323 e. The number of nitrogens with zero attached hydrogens (tertiary/aromatic N) is 4. The van der Waals surface area contributed by atoms with E-state index in [1.54, 1.807) is 4.68 Å². The van der Waals surface area contributed by atoms with Crippen molar-refractivity contribution in [3.05, 3.63) is 81.7 Å². The predicted molar refractivity (Wildman–Crippen MR) is 117 cm³/mol. The molecule has 31 heavy (non-hydrogen) atoms. The fourth-order valence-electron chi connectivity index (χ4n) is 3.19. The molecule has 4 aromatic rings. The molecule has 0 bridgehead atoms. The van der Waals surface area contributed by atoms with E-state index in [4.69, 9.17) is 11.6 Å². The smallest absolute Gasteiger partial charge is 0.264 e. The van der Waals surface area contributed by atoms with Crippen molar-refractivity contribution in [2.45, 2.75) is 26.3 Å². The number of carbonyl (C=O) groups excluding carboxylic acids is 1. The van der Waals surface area contributed by atoms with Gasteiger partial charge >= 0.3 is 0 Å². The number of carbonyl (C=O) groups is 1. The van der Waals surface area contributed by atoms with Gasteiger partial charge in [0.1, 0.15) is 24.1 Å². The van der Waals surface area contributed by atoms with Gasteiger partial charge in [-0.05, 0) is 41.8 Å². The van der Waals surface area contributed by atoms with E-state index in [1.165, 1.54) is 34.8 Å². The molecule has 0 unspecified atom stereocenters. The van der Waals surface area contributed by atoms with Crippen LogP contribution in [0, 0.1) is 5.82 Å². The zero-order valence-electron chi connectivity index (χ0n) is 16.8. The van der Waals surface area contributed by atoms with E-state index >= 15 is 0 Å². The molecular weight excluding hydrogens is 421 g/mol. The Bertz CT molecular complexity index is 1330. The summed E-state index contributed by atoms with van der Waals surface area (Å²) in [5.41, 5.74) is 2.09. The third kappa shape index (κ3) is 4.20. The van der Waals surface area contributed by atoms with E-state index in [2.05, 4.69) is 29.2 Å². The normalized spacial score (nSPS) is 11.3. The van der Waals surface area contributed by atoms with Crippen LogP contribution in [-0.2, 0) is 11.3 Å². The first-order chi connectivity index (χ1) is 14.8. The molecule has 0 aliphatic rings. The van der Waals surface area contributed by atoms with Gasteiger partial charge < -0.3 is 5.32 Å². The predicted octanol–water partition coefficient (Wildman–Crippen LogP) is 4.14. The minimum atomic E-state index is -0.535. The Labute approximate surface area is 182 Å². The monoisotopic (exact) mass is 439 g/mol. The summed E-state index contributed by atoms with van der Waals surface area (Å²) in [6.45, 7) is 3.92. The van der Waals surface area contributed by atoms with E-state index in [1.807, 2.05) is 24.3 Å². The van der Waals surface area contributed by atoms with Crippen molar-refractivity contribution in [2.24, 2.45) is 0 Å². The number of rotatable bonds is 5. The number of hydrogen-bond donors (Lipinski definition) is 1. The van der Waals surface area contributed by atoms with Crippen molar-refractivity contribution < 1.29 is 9.18 Å². The molecule has 9 heteroatoms.